The summed E-state index contributed by atoms with van der Waals surface area (Å²) in [5, 5.41) is 9.64. The summed E-state index contributed by atoms with van der Waals surface area (Å²) in [6.07, 6.45) is 0.491. The Morgan fingerprint density at radius 3 is 2.32 bits per heavy atom. The fourth-order valence-electron chi connectivity index (χ4n) is 4.23. The number of amides is 2. The Hall–Kier alpha value is -3.51. The van der Waals surface area contributed by atoms with Crippen LogP contribution >= 0.6 is 0 Å². The Balaban J connectivity index is 1.78. The van der Waals surface area contributed by atoms with Crippen LogP contribution in [-0.4, -0.2) is 29.6 Å². The lowest BCUT2D eigenvalue weighted by Crippen LogP contribution is -2.48. The van der Waals surface area contributed by atoms with E-state index in [1.807, 2.05) is 61.5 Å². The lowest BCUT2D eigenvalue weighted by molar-refractivity contribution is -0.121. The summed E-state index contributed by atoms with van der Waals surface area (Å²) in [5.74, 6) is -1.03. The van der Waals surface area contributed by atoms with Crippen molar-refractivity contribution in [3.63, 3.8) is 0 Å². The molecule has 3 aromatic carbocycles. The number of halogens is 1. The van der Waals surface area contributed by atoms with Crippen LogP contribution in [0.5, 0.6) is 0 Å². The summed E-state index contributed by atoms with van der Waals surface area (Å²) in [6.45, 7) is 1.32. The third-order valence-electron chi connectivity index (χ3n) is 5.62. The van der Waals surface area contributed by atoms with Gasteiger partial charge in [0.2, 0.25) is 0 Å². The Kier molecular flexibility index (Phi) is 5.82. The van der Waals surface area contributed by atoms with E-state index in [1.54, 1.807) is 9.80 Å². The standard InChI is InChI=1S/C25H23FN2O3/c1-17-15-23(28(24(30)16-29)20-7-3-2-4-8-20)21-9-5-6-10-22(21)27(17)25(31)18-11-13-19(26)14-12-18/h2-14,17,23,29H,15-16H2,1H3/t17-,23+/m0/s1. The third-order valence-corrected chi connectivity index (χ3v) is 5.62. The summed E-state index contributed by atoms with van der Waals surface area (Å²) < 4.78 is 13.3. The summed E-state index contributed by atoms with van der Waals surface area (Å²) in [7, 11) is 0. The molecule has 0 aromatic heterocycles. The lowest BCUT2D eigenvalue weighted by atomic mass is 9.89. The second kappa shape index (κ2) is 8.70. The summed E-state index contributed by atoms with van der Waals surface area (Å²) in [6, 6.07) is 21.6. The fourth-order valence-corrected chi connectivity index (χ4v) is 4.23. The molecule has 1 N–H and O–H groups in total. The van der Waals surface area contributed by atoms with Crippen LogP contribution in [-0.2, 0) is 4.79 Å². The highest BCUT2D eigenvalue weighted by Gasteiger charge is 2.38. The van der Waals surface area contributed by atoms with Crippen LogP contribution in [0.4, 0.5) is 15.8 Å². The minimum atomic E-state index is -0.611. The van der Waals surface area contributed by atoms with Gasteiger partial charge in [-0.05, 0) is 61.4 Å². The minimum Gasteiger partial charge on any atom is -0.387 e. The number of carbonyl (C=O) groups excluding carboxylic acids is 2. The lowest BCUT2D eigenvalue weighted by Gasteiger charge is -2.43. The van der Waals surface area contributed by atoms with E-state index < -0.39 is 18.3 Å². The number of aliphatic hydroxyl groups excluding tert-OH is 1. The molecule has 1 aliphatic rings. The maximum atomic E-state index is 13.3. The number of nitrogens with zero attached hydrogens (tertiary/aromatic N) is 2. The number of hydrogen-bond acceptors (Lipinski definition) is 3. The van der Waals surface area contributed by atoms with Gasteiger partial charge in [0, 0.05) is 23.0 Å². The van der Waals surface area contributed by atoms with Crippen molar-refractivity contribution < 1.29 is 19.1 Å². The number of hydrogen-bond donors (Lipinski definition) is 1. The molecule has 6 heteroatoms. The van der Waals surface area contributed by atoms with E-state index in [1.165, 1.54) is 24.3 Å². The van der Waals surface area contributed by atoms with Crippen LogP contribution in [0.2, 0.25) is 0 Å². The summed E-state index contributed by atoms with van der Waals surface area (Å²) >= 11 is 0. The maximum absolute atomic E-state index is 13.3. The van der Waals surface area contributed by atoms with Crippen molar-refractivity contribution in [2.45, 2.75) is 25.4 Å². The van der Waals surface area contributed by atoms with Crippen molar-refractivity contribution in [3.05, 3.63) is 95.8 Å². The average molecular weight is 418 g/mol. The zero-order chi connectivity index (χ0) is 22.0. The van der Waals surface area contributed by atoms with Crippen LogP contribution in [0.15, 0.2) is 78.9 Å². The molecule has 4 rings (SSSR count). The Morgan fingerprint density at radius 1 is 1.00 bits per heavy atom. The Labute approximate surface area is 180 Å². The predicted molar refractivity (Wildman–Crippen MR) is 117 cm³/mol. The Bertz CT molecular complexity index is 1090. The molecule has 5 nitrogen and oxygen atoms in total. The summed E-state index contributed by atoms with van der Waals surface area (Å²) in [5.41, 5.74) is 2.61. The number of rotatable bonds is 4. The zero-order valence-electron chi connectivity index (χ0n) is 17.1. The molecule has 2 amide bonds. The quantitative estimate of drug-likeness (QED) is 0.686. The van der Waals surface area contributed by atoms with Gasteiger partial charge in [0.15, 0.2) is 0 Å². The number of fused-ring (bicyclic) bond motifs is 1. The molecule has 158 valence electrons. The molecule has 0 aliphatic carbocycles. The van der Waals surface area contributed by atoms with Gasteiger partial charge in [0.05, 0.1) is 6.04 Å². The van der Waals surface area contributed by atoms with Crippen LogP contribution in [0.3, 0.4) is 0 Å². The largest absolute Gasteiger partial charge is 0.387 e. The first-order valence-corrected chi connectivity index (χ1v) is 10.2. The molecule has 31 heavy (non-hydrogen) atoms. The maximum Gasteiger partial charge on any atom is 0.258 e. The molecule has 0 saturated carbocycles. The van der Waals surface area contributed by atoms with Crippen molar-refractivity contribution >= 4 is 23.2 Å². The number of para-hydroxylation sites is 2. The van der Waals surface area contributed by atoms with Gasteiger partial charge in [0.25, 0.3) is 11.8 Å². The smallest absolute Gasteiger partial charge is 0.258 e. The second-order valence-corrected chi connectivity index (χ2v) is 7.60. The van der Waals surface area contributed by atoms with Crippen molar-refractivity contribution in [2.75, 3.05) is 16.4 Å². The molecule has 1 aliphatic heterocycles. The van der Waals surface area contributed by atoms with Gasteiger partial charge in [-0.2, -0.15) is 0 Å². The molecule has 0 radical (unpaired) electrons. The van der Waals surface area contributed by atoms with Crippen molar-refractivity contribution in [2.24, 2.45) is 0 Å². The van der Waals surface area contributed by atoms with Gasteiger partial charge >= 0.3 is 0 Å². The molecule has 0 fully saturated rings. The molecule has 0 bridgehead atoms. The highest BCUT2D eigenvalue weighted by Crippen LogP contribution is 2.42. The number of anilines is 2. The van der Waals surface area contributed by atoms with Gasteiger partial charge in [0.1, 0.15) is 12.4 Å². The van der Waals surface area contributed by atoms with Gasteiger partial charge in [-0.1, -0.05) is 36.4 Å². The topological polar surface area (TPSA) is 60.9 Å². The van der Waals surface area contributed by atoms with E-state index in [2.05, 4.69) is 0 Å². The third kappa shape index (κ3) is 3.94. The van der Waals surface area contributed by atoms with Gasteiger partial charge < -0.3 is 14.9 Å². The summed E-state index contributed by atoms with van der Waals surface area (Å²) in [4.78, 5) is 29.4. The first-order valence-electron chi connectivity index (χ1n) is 10.2. The first-order chi connectivity index (χ1) is 15.0. The van der Waals surface area contributed by atoms with Crippen molar-refractivity contribution in [1.29, 1.82) is 0 Å². The molecule has 0 unspecified atom stereocenters. The van der Waals surface area contributed by atoms with E-state index in [4.69, 9.17) is 0 Å². The monoisotopic (exact) mass is 418 g/mol. The van der Waals surface area contributed by atoms with Crippen LogP contribution in [0.1, 0.15) is 35.3 Å². The average Bonchev–Trinajstić information content (AvgIpc) is 2.80. The zero-order valence-corrected chi connectivity index (χ0v) is 17.1. The van der Waals surface area contributed by atoms with Crippen molar-refractivity contribution in [3.8, 4) is 0 Å². The van der Waals surface area contributed by atoms with Gasteiger partial charge in [-0.15, -0.1) is 0 Å². The van der Waals surface area contributed by atoms with E-state index in [9.17, 15) is 19.1 Å². The second-order valence-electron chi connectivity index (χ2n) is 7.60. The molecule has 0 spiro atoms. The van der Waals surface area contributed by atoms with Gasteiger partial charge in [-0.3, -0.25) is 9.59 Å². The predicted octanol–water partition coefficient (Wildman–Crippen LogP) is 4.33. The van der Waals surface area contributed by atoms with E-state index in [0.29, 0.717) is 23.4 Å². The molecule has 3 aromatic rings. The van der Waals surface area contributed by atoms with E-state index in [-0.39, 0.29) is 18.0 Å². The fraction of sp³-hybridized carbons (Fsp3) is 0.200. The van der Waals surface area contributed by atoms with E-state index >= 15 is 0 Å². The Morgan fingerprint density at radius 2 is 1.65 bits per heavy atom. The first kappa shape index (κ1) is 20.8. The molecular weight excluding hydrogens is 395 g/mol. The van der Waals surface area contributed by atoms with Crippen LogP contribution < -0.4 is 9.80 Å². The molecule has 1 heterocycles. The number of benzene rings is 3. The van der Waals surface area contributed by atoms with Crippen molar-refractivity contribution in [1.82, 2.24) is 0 Å². The number of aliphatic hydroxyl groups is 1. The van der Waals surface area contributed by atoms with E-state index in [0.717, 1.165) is 5.56 Å². The molecule has 0 saturated heterocycles. The van der Waals surface area contributed by atoms with Crippen LogP contribution in [0, 0.1) is 5.82 Å². The van der Waals surface area contributed by atoms with Gasteiger partial charge in [-0.25, -0.2) is 4.39 Å². The number of carbonyl (C=O) groups is 2. The molecule has 2 atom stereocenters. The van der Waals surface area contributed by atoms with Crippen LogP contribution in [0.25, 0.3) is 0 Å². The highest BCUT2D eigenvalue weighted by molar-refractivity contribution is 6.07. The minimum absolute atomic E-state index is 0.224. The highest BCUT2D eigenvalue weighted by atomic mass is 19.1. The molecular formula is C25H23FN2O3. The SMILES string of the molecule is C[C@H]1C[C@@H](N(C(=O)CO)c2ccccc2)c2ccccc2N1C(=O)c1ccc(F)cc1. The normalized spacial score (nSPS) is 17.7.